The number of amides is 2. The van der Waals surface area contributed by atoms with Crippen LogP contribution in [0, 0.1) is 0 Å². The molecule has 1 aromatic heterocycles. The molecule has 0 atom stereocenters. The molecule has 0 saturated heterocycles. The first-order valence-electron chi connectivity index (χ1n) is 8.46. The first-order valence-corrected chi connectivity index (χ1v) is 10.4. The van der Waals surface area contributed by atoms with Gasteiger partial charge in [-0.1, -0.05) is 59.9 Å². The molecule has 2 N–H and O–H groups in total. The Labute approximate surface area is 171 Å². The molecule has 0 aliphatic heterocycles. The van der Waals surface area contributed by atoms with Crippen molar-refractivity contribution >= 4 is 46.7 Å². The first kappa shape index (κ1) is 20.0. The molecule has 1 heterocycles. The minimum Gasteiger partial charge on any atom is -0.325 e. The lowest BCUT2D eigenvalue weighted by atomic mass is 10.3. The second-order valence-corrected chi connectivity index (χ2v) is 7.61. The van der Waals surface area contributed by atoms with Gasteiger partial charge in [-0.3, -0.25) is 9.59 Å². The molecule has 28 heavy (non-hydrogen) atoms. The van der Waals surface area contributed by atoms with Gasteiger partial charge in [-0.25, -0.2) is 0 Å². The van der Waals surface area contributed by atoms with Crippen LogP contribution in [0.15, 0.2) is 71.0 Å². The van der Waals surface area contributed by atoms with Crippen LogP contribution in [0.2, 0.25) is 0 Å². The van der Waals surface area contributed by atoms with Crippen LogP contribution in [0.4, 0.5) is 11.4 Å². The molecule has 0 aliphatic carbocycles. The van der Waals surface area contributed by atoms with Crippen LogP contribution in [-0.4, -0.2) is 38.1 Å². The van der Waals surface area contributed by atoms with Crippen molar-refractivity contribution in [3.8, 4) is 0 Å². The van der Waals surface area contributed by atoms with Gasteiger partial charge in [-0.2, -0.15) is 0 Å². The average molecular weight is 414 g/mol. The highest BCUT2D eigenvalue weighted by Gasteiger charge is 2.13. The van der Waals surface area contributed by atoms with Crippen molar-refractivity contribution in [3.05, 3.63) is 60.7 Å². The molecule has 3 aromatic rings. The standard InChI is InChI=1S/C19H19N5O2S2/c1-24-18(27-12-16(25)20-14-8-4-2-5-9-14)22-23-19(24)28-13-17(26)21-15-10-6-3-7-11-15/h2-11H,12-13H2,1H3,(H,20,25)(H,21,26). The summed E-state index contributed by atoms with van der Waals surface area (Å²) in [4.78, 5) is 24.1. The summed E-state index contributed by atoms with van der Waals surface area (Å²) >= 11 is 2.59. The summed E-state index contributed by atoms with van der Waals surface area (Å²) < 4.78 is 1.78. The van der Waals surface area contributed by atoms with E-state index in [9.17, 15) is 9.59 Å². The quantitative estimate of drug-likeness (QED) is 0.551. The van der Waals surface area contributed by atoms with Crippen LogP contribution >= 0.6 is 23.5 Å². The Morgan fingerprint density at radius 3 is 1.57 bits per heavy atom. The van der Waals surface area contributed by atoms with E-state index in [2.05, 4.69) is 20.8 Å². The van der Waals surface area contributed by atoms with E-state index < -0.39 is 0 Å². The molecule has 144 valence electrons. The summed E-state index contributed by atoms with van der Waals surface area (Å²) in [6.07, 6.45) is 0. The van der Waals surface area contributed by atoms with Crippen LogP contribution < -0.4 is 10.6 Å². The predicted octanol–water partition coefficient (Wildman–Crippen LogP) is 3.28. The normalized spacial score (nSPS) is 10.5. The predicted molar refractivity (Wildman–Crippen MR) is 113 cm³/mol. The number of rotatable bonds is 8. The minimum atomic E-state index is -0.115. The van der Waals surface area contributed by atoms with E-state index in [0.717, 1.165) is 11.4 Å². The molecule has 0 unspecified atom stereocenters. The van der Waals surface area contributed by atoms with Crippen molar-refractivity contribution in [2.45, 2.75) is 10.3 Å². The Morgan fingerprint density at radius 1 is 0.786 bits per heavy atom. The van der Waals surface area contributed by atoms with Gasteiger partial charge in [-0.05, 0) is 24.3 Å². The number of benzene rings is 2. The zero-order valence-electron chi connectivity index (χ0n) is 15.2. The Morgan fingerprint density at radius 2 is 1.18 bits per heavy atom. The largest absolute Gasteiger partial charge is 0.325 e. The van der Waals surface area contributed by atoms with Crippen LogP contribution in [0.1, 0.15) is 0 Å². The van der Waals surface area contributed by atoms with Gasteiger partial charge in [0.15, 0.2) is 10.3 Å². The molecule has 7 nitrogen and oxygen atoms in total. The SMILES string of the molecule is Cn1c(SCC(=O)Nc2ccccc2)nnc1SCC(=O)Nc1ccccc1. The lowest BCUT2D eigenvalue weighted by Crippen LogP contribution is -2.14. The summed E-state index contributed by atoms with van der Waals surface area (Å²) in [5.74, 6) is 0.214. The van der Waals surface area contributed by atoms with Crippen molar-refractivity contribution in [2.24, 2.45) is 7.05 Å². The summed E-state index contributed by atoms with van der Waals surface area (Å²) in [6.45, 7) is 0. The third-order valence-corrected chi connectivity index (χ3v) is 5.62. The zero-order chi connectivity index (χ0) is 19.8. The molecule has 0 bridgehead atoms. The Hall–Kier alpha value is -2.78. The molecule has 9 heteroatoms. The molecule has 0 fully saturated rings. The number of anilines is 2. The van der Waals surface area contributed by atoms with Gasteiger partial charge < -0.3 is 15.2 Å². The van der Waals surface area contributed by atoms with Crippen LogP contribution in [0.5, 0.6) is 0 Å². The van der Waals surface area contributed by atoms with E-state index in [0.29, 0.717) is 10.3 Å². The summed E-state index contributed by atoms with van der Waals surface area (Å²) in [6, 6.07) is 18.6. The number of para-hydroxylation sites is 2. The number of nitrogens with zero attached hydrogens (tertiary/aromatic N) is 3. The highest BCUT2D eigenvalue weighted by atomic mass is 32.2. The first-order chi connectivity index (χ1) is 13.6. The number of aromatic nitrogens is 3. The van der Waals surface area contributed by atoms with Gasteiger partial charge >= 0.3 is 0 Å². The van der Waals surface area contributed by atoms with E-state index in [1.165, 1.54) is 23.5 Å². The van der Waals surface area contributed by atoms with E-state index >= 15 is 0 Å². The fourth-order valence-electron chi connectivity index (χ4n) is 2.25. The third-order valence-electron chi connectivity index (χ3n) is 3.57. The highest BCUT2D eigenvalue weighted by Crippen LogP contribution is 2.22. The molecule has 2 amide bonds. The monoisotopic (exact) mass is 413 g/mol. The second-order valence-electron chi connectivity index (χ2n) is 5.73. The van der Waals surface area contributed by atoms with E-state index in [1.54, 1.807) is 4.57 Å². The van der Waals surface area contributed by atoms with Crippen molar-refractivity contribution in [1.82, 2.24) is 14.8 Å². The number of thioether (sulfide) groups is 2. The van der Waals surface area contributed by atoms with Crippen LogP contribution in [0.3, 0.4) is 0 Å². The molecule has 0 aliphatic rings. The summed E-state index contributed by atoms with van der Waals surface area (Å²) in [7, 11) is 1.81. The highest BCUT2D eigenvalue weighted by molar-refractivity contribution is 8.00. The van der Waals surface area contributed by atoms with Gasteiger partial charge in [0.05, 0.1) is 11.5 Å². The number of carbonyl (C=O) groups excluding carboxylic acids is 2. The van der Waals surface area contributed by atoms with Gasteiger partial charge in [0.1, 0.15) is 0 Å². The van der Waals surface area contributed by atoms with E-state index in [-0.39, 0.29) is 23.3 Å². The number of nitrogens with one attached hydrogen (secondary N) is 2. The van der Waals surface area contributed by atoms with Crippen molar-refractivity contribution < 1.29 is 9.59 Å². The number of hydrogen-bond donors (Lipinski definition) is 2. The third kappa shape index (κ3) is 5.86. The molecule has 0 spiro atoms. The molecule has 0 radical (unpaired) electrons. The van der Waals surface area contributed by atoms with E-state index in [4.69, 9.17) is 0 Å². The van der Waals surface area contributed by atoms with Gasteiger partial charge in [0.2, 0.25) is 11.8 Å². The number of carbonyl (C=O) groups is 2. The summed E-state index contributed by atoms with van der Waals surface area (Å²) in [5, 5.41) is 15.1. The molecular weight excluding hydrogens is 394 g/mol. The Balaban J connectivity index is 1.46. The maximum Gasteiger partial charge on any atom is 0.234 e. The second kappa shape index (κ2) is 9.95. The van der Waals surface area contributed by atoms with Gasteiger partial charge in [0, 0.05) is 18.4 Å². The number of hydrogen-bond acceptors (Lipinski definition) is 6. The molecule has 0 saturated carbocycles. The molecule has 3 rings (SSSR count). The fourth-order valence-corrected chi connectivity index (χ4v) is 3.73. The van der Waals surface area contributed by atoms with Crippen LogP contribution in [-0.2, 0) is 16.6 Å². The molecule has 2 aromatic carbocycles. The lowest BCUT2D eigenvalue weighted by molar-refractivity contribution is -0.114. The van der Waals surface area contributed by atoms with Crippen LogP contribution in [0.25, 0.3) is 0 Å². The summed E-state index contributed by atoms with van der Waals surface area (Å²) in [5.41, 5.74) is 1.51. The van der Waals surface area contributed by atoms with Crippen molar-refractivity contribution in [1.29, 1.82) is 0 Å². The Kier molecular flexibility index (Phi) is 7.10. The molecular formula is C19H19N5O2S2. The minimum absolute atomic E-state index is 0.115. The van der Waals surface area contributed by atoms with E-state index in [1.807, 2.05) is 67.7 Å². The average Bonchev–Trinajstić information content (AvgIpc) is 3.06. The lowest BCUT2D eigenvalue weighted by Gasteiger charge is -2.06. The Bertz CT molecular complexity index is 857. The maximum atomic E-state index is 12.0. The topological polar surface area (TPSA) is 88.9 Å². The van der Waals surface area contributed by atoms with Gasteiger partial charge in [-0.15, -0.1) is 10.2 Å². The van der Waals surface area contributed by atoms with Crippen molar-refractivity contribution in [2.75, 3.05) is 22.1 Å². The smallest absolute Gasteiger partial charge is 0.234 e. The maximum absolute atomic E-state index is 12.0. The van der Waals surface area contributed by atoms with Crippen molar-refractivity contribution in [3.63, 3.8) is 0 Å². The fraction of sp³-hybridized carbons (Fsp3) is 0.158. The van der Waals surface area contributed by atoms with Gasteiger partial charge in [0.25, 0.3) is 0 Å². The zero-order valence-corrected chi connectivity index (χ0v) is 16.8.